The van der Waals surface area contributed by atoms with Gasteiger partial charge < -0.3 is 19.1 Å². The molecule has 0 bridgehead atoms. The quantitative estimate of drug-likeness (QED) is 0.670. The number of amides is 2. The van der Waals surface area contributed by atoms with Crippen molar-refractivity contribution in [2.75, 3.05) is 37.7 Å². The minimum Gasteiger partial charge on any atom is -0.378 e. The number of hydrogen-bond acceptors (Lipinski definition) is 4. The monoisotopic (exact) mass is 404 g/mol. The largest absolute Gasteiger partial charge is 0.378 e. The average molecular weight is 404 g/mol. The first-order chi connectivity index (χ1) is 14.7. The Labute approximate surface area is 174 Å². The Bertz CT molecular complexity index is 1070. The van der Waals surface area contributed by atoms with E-state index in [1.54, 1.807) is 0 Å². The summed E-state index contributed by atoms with van der Waals surface area (Å²) in [7, 11) is 0. The minimum atomic E-state index is -0.0532. The smallest absolute Gasteiger partial charge is 0.242 e. The minimum absolute atomic E-state index is 0.0532. The Morgan fingerprint density at radius 2 is 1.77 bits per heavy atom. The summed E-state index contributed by atoms with van der Waals surface area (Å²) >= 11 is 0. The molecule has 3 aromatic rings. The van der Waals surface area contributed by atoms with Gasteiger partial charge in [0, 0.05) is 37.7 Å². The van der Waals surface area contributed by atoms with Crippen molar-refractivity contribution in [2.24, 2.45) is 0 Å². The summed E-state index contributed by atoms with van der Waals surface area (Å²) in [5.41, 5.74) is 2.68. The second kappa shape index (κ2) is 7.91. The molecule has 3 heterocycles. The number of aromatic nitrogens is 2. The first-order valence-electron chi connectivity index (χ1n) is 10.4. The number of carbonyl (C=O) groups is 2. The highest BCUT2D eigenvalue weighted by atomic mass is 16.5. The lowest BCUT2D eigenvalue weighted by atomic mass is 10.1. The molecule has 0 spiro atoms. The SMILES string of the molecule is O=C(Cn1c(C2CC(=O)N(c3ccccc3)C2)nc2ccccc21)N1CCOCC1. The van der Waals surface area contributed by atoms with Crippen LogP contribution in [0.4, 0.5) is 5.69 Å². The zero-order valence-electron chi connectivity index (χ0n) is 16.7. The van der Waals surface area contributed by atoms with Crippen molar-refractivity contribution in [1.29, 1.82) is 0 Å². The number of benzene rings is 2. The van der Waals surface area contributed by atoms with Crippen molar-refractivity contribution in [2.45, 2.75) is 18.9 Å². The molecule has 0 radical (unpaired) electrons. The maximum absolute atomic E-state index is 13.0. The van der Waals surface area contributed by atoms with Gasteiger partial charge in [-0.3, -0.25) is 9.59 Å². The second-order valence-corrected chi connectivity index (χ2v) is 7.78. The molecule has 1 atom stereocenters. The predicted molar refractivity (Wildman–Crippen MR) is 113 cm³/mol. The number of morpholine rings is 1. The van der Waals surface area contributed by atoms with E-state index in [2.05, 4.69) is 0 Å². The van der Waals surface area contributed by atoms with Crippen LogP contribution in [0.1, 0.15) is 18.2 Å². The van der Waals surface area contributed by atoms with E-state index in [1.165, 1.54) is 0 Å². The summed E-state index contributed by atoms with van der Waals surface area (Å²) in [5, 5.41) is 0. The Kier molecular flexibility index (Phi) is 4.96. The van der Waals surface area contributed by atoms with Gasteiger partial charge >= 0.3 is 0 Å². The molecular formula is C23H24N4O3. The Morgan fingerprint density at radius 1 is 1.03 bits per heavy atom. The van der Waals surface area contributed by atoms with Crippen LogP contribution in [0, 0.1) is 0 Å². The summed E-state index contributed by atoms with van der Waals surface area (Å²) in [5.74, 6) is 0.906. The van der Waals surface area contributed by atoms with E-state index in [9.17, 15) is 9.59 Å². The molecule has 2 fully saturated rings. The molecule has 2 amide bonds. The highest BCUT2D eigenvalue weighted by Gasteiger charge is 2.35. The third kappa shape index (κ3) is 3.45. The maximum Gasteiger partial charge on any atom is 0.242 e. The molecule has 2 aliphatic rings. The van der Waals surface area contributed by atoms with Crippen molar-refractivity contribution >= 4 is 28.5 Å². The number of fused-ring (bicyclic) bond motifs is 1. The molecule has 0 aliphatic carbocycles. The van der Waals surface area contributed by atoms with Crippen LogP contribution in [0.15, 0.2) is 54.6 Å². The van der Waals surface area contributed by atoms with Crippen LogP contribution in [0.3, 0.4) is 0 Å². The van der Waals surface area contributed by atoms with E-state index < -0.39 is 0 Å². The van der Waals surface area contributed by atoms with Gasteiger partial charge in [0.2, 0.25) is 11.8 Å². The molecule has 1 aromatic heterocycles. The maximum atomic E-state index is 13.0. The first kappa shape index (κ1) is 18.8. The first-order valence-corrected chi connectivity index (χ1v) is 10.4. The van der Waals surface area contributed by atoms with E-state index >= 15 is 0 Å². The van der Waals surface area contributed by atoms with Gasteiger partial charge in [-0.25, -0.2) is 4.98 Å². The van der Waals surface area contributed by atoms with Gasteiger partial charge in [-0.2, -0.15) is 0 Å². The van der Waals surface area contributed by atoms with Crippen molar-refractivity contribution < 1.29 is 14.3 Å². The number of imidazole rings is 1. The van der Waals surface area contributed by atoms with Crippen LogP contribution < -0.4 is 4.90 Å². The number of carbonyl (C=O) groups excluding carboxylic acids is 2. The second-order valence-electron chi connectivity index (χ2n) is 7.78. The Morgan fingerprint density at radius 3 is 2.57 bits per heavy atom. The fourth-order valence-corrected chi connectivity index (χ4v) is 4.36. The van der Waals surface area contributed by atoms with Crippen LogP contribution in [0.2, 0.25) is 0 Å². The van der Waals surface area contributed by atoms with Gasteiger partial charge in [0.15, 0.2) is 0 Å². The Hall–Kier alpha value is -3.19. The summed E-state index contributed by atoms with van der Waals surface area (Å²) in [4.78, 5) is 34.2. The molecule has 5 rings (SSSR count). The molecular weight excluding hydrogens is 380 g/mol. The zero-order valence-corrected chi connectivity index (χ0v) is 16.7. The Balaban J connectivity index is 1.46. The summed E-state index contributed by atoms with van der Waals surface area (Å²) in [6, 6.07) is 17.6. The van der Waals surface area contributed by atoms with Crippen LogP contribution >= 0.6 is 0 Å². The van der Waals surface area contributed by atoms with Crippen LogP contribution in [-0.4, -0.2) is 59.1 Å². The lowest BCUT2D eigenvalue weighted by molar-refractivity contribution is -0.135. The van der Waals surface area contributed by atoms with E-state index in [-0.39, 0.29) is 24.3 Å². The molecule has 0 N–H and O–H groups in total. The van der Waals surface area contributed by atoms with E-state index in [0.29, 0.717) is 39.3 Å². The highest BCUT2D eigenvalue weighted by Crippen LogP contribution is 2.33. The molecule has 30 heavy (non-hydrogen) atoms. The van der Waals surface area contributed by atoms with E-state index in [1.807, 2.05) is 69.0 Å². The molecule has 2 saturated heterocycles. The molecule has 154 valence electrons. The summed E-state index contributed by atoms with van der Waals surface area (Å²) in [6.45, 7) is 3.18. The fourth-order valence-electron chi connectivity index (χ4n) is 4.36. The number of anilines is 1. The van der Waals surface area contributed by atoms with E-state index in [4.69, 9.17) is 9.72 Å². The average Bonchev–Trinajstić information content (AvgIpc) is 3.35. The van der Waals surface area contributed by atoms with E-state index in [0.717, 1.165) is 22.5 Å². The van der Waals surface area contributed by atoms with Gasteiger partial charge in [-0.05, 0) is 24.3 Å². The fraction of sp³-hybridized carbons (Fsp3) is 0.348. The van der Waals surface area contributed by atoms with Gasteiger partial charge in [-0.15, -0.1) is 0 Å². The number of hydrogen-bond donors (Lipinski definition) is 0. The summed E-state index contributed by atoms with van der Waals surface area (Å²) in [6.07, 6.45) is 0.393. The van der Waals surface area contributed by atoms with Crippen molar-refractivity contribution in [3.63, 3.8) is 0 Å². The van der Waals surface area contributed by atoms with Crippen molar-refractivity contribution in [1.82, 2.24) is 14.5 Å². The van der Waals surface area contributed by atoms with Crippen LogP contribution in [0.25, 0.3) is 11.0 Å². The van der Waals surface area contributed by atoms with Crippen LogP contribution in [-0.2, 0) is 20.9 Å². The van der Waals surface area contributed by atoms with Gasteiger partial charge in [0.25, 0.3) is 0 Å². The summed E-state index contributed by atoms with van der Waals surface area (Å²) < 4.78 is 7.37. The number of rotatable bonds is 4. The third-order valence-corrected chi connectivity index (χ3v) is 5.90. The number of para-hydroxylation sites is 3. The molecule has 7 heteroatoms. The topological polar surface area (TPSA) is 67.7 Å². The lowest BCUT2D eigenvalue weighted by Gasteiger charge is -2.27. The number of nitrogens with zero attached hydrogens (tertiary/aromatic N) is 4. The number of ether oxygens (including phenoxy) is 1. The van der Waals surface area contributed by atoms with Gasteiger partial charge in [0.1, 0.15) is 12.4 Å². The molecule has 1 unspecified atom stereocenters. The van der Waals surface area contributed by atoms with Gasteiger partial charge in [0.05, 0.1) is 24.2 Å². The highest BCUT2D eigenvalue weighted by molar-refractivity contribution is 5.96. The van der Waals surface area contributed by atoms with Crippen molar-refractivity contribution in [3.8, 4) is 0 Å². The zero-order chi connectivity index (χ0) is 20.5. The third-order valence-electron chi connectivity index (χ3n) is 5.90. The standard InChI is InChI=1S/C23H24N4O3/c28-21-14-17(15-26(21)18-6-2-1-3-7-18)23-24-19-8-4-5-9-20(19)27(23)16-22(29)25-10-12-30-13-11-25/h1-9,17H,10-16H2. The molecule has 2 aliphatic heterocycles. The van der Waals surface area contributed by atoms with Crippen LogP contribution in [0.5, 0.6) is 0 Å². The molecule has 7 nitrogen and oxygen atoms in total. The van der Waals surface area contributed by atoms with Crippen molar-refractivity contribution in [3.05, 3.63) is 60.4 Å². The predicted octanol–water partition coefficient (Wildman–Crippen LogP) is 2.42. The molecule has 2 aromatic carbocycles. The van der Waals surface area contributed by atoms with Gasteiger partial charge in [-0.1, -0.05) is 30.3 Å². The lowest BCUT2D eigenvalue weighted by Crippen LogP contribution is -2.42. The molecule has 0 saturated carbocycles. The normalized spacial score (nSPS) is 19.6.